The molecule has 3 N–H and O–H groups in total. The van der Waals surface area contributed by atoms with Crippen LogP contribution in [0.5, 0.6) is 0 Å². The predicted molar refractivity (Wildman–Crippen MR) is 93.9 cm³/mol. The van der Waals surface area contributed by atoms with Crippen LogP contribution < -0.4 is 11.1 Å². The SMILES string of the molecule is CC(C)CCN1C(=O)c2ccc(C(=O)OC(C)C(=O)NC(N)=O)cc2C1=O. The number of nitrogens with one attached hydrogen (secondary N) is 1. The van der Waals surface area contributed by atoms with E-state index in [-0.39, 0.29) is 16.7 Å². The zero-order valence-corrected chi connectivity index (χ0v) is 15.3. The van der Waals surface area contributed by atoms with Gasteiger partial charge in [0.2, 0.25) is 0 Å². The highest BCUT2D eigenvalue weighted by Crippen LogP contribution is 2.25. The number of ether oxygens (including phenoxy) is 1. The first kappa shape index (κ1) is 20.1. The molecule has 144 valence electrons. The van der Waals surface area contributed by atoms with E-state index in [2.05, 4.69) is 0 Å². The zero-order chi connectivity index (χ0) is 20.3. The largest absolute Gasteiger partial charge is 0.449 e. The Morgan fingerprint density at radius 3 is 2.33 bits per heavy atom. The van der Waals surface area contributed by atoms with Gasteiger partial charge in [-0.25, -0.2) is 9.59 Å². The Balaban J connectivity index is 2.14. The molecule has 2 rings (SSSR count). The Labute approximate surface area is 155 Å². The number of rotatable bonds is 6. The number of fused-ring (bicyclic) bond motifs is 1. The van der Waals surface area contributed by atoms with Crippen molar-refractivity contribution in [1.82, 2.24) is 10.2 Å². The molecule has 0 aliphatic carbocycles. The molecule has 0 fully saturated rings. The van der Waals surface area contributed by atoms with Crippen LogP contribution in [-0.4, -0.2) is 47.3 Å². The topological polar surface area (TPSA) is 136 Å². The molecule has 1 aromatic carbocycles. The van der Waals surface area contributed by atoms with E-state index in [4.69, 9.17) is 10.5 Å². The number of carbonyl (C=O) groups excluding carboxylic acids is 5. The summed E-state index contributed by atoms with van der Waals surface area (Å²) in [5, 5.41) is 1.80. The minimum Gasteiger partial charge on any atom is -0.449 e. The Morgan fingerprint density at radius 1 is 1.11 bits per heavy atom. The number of imide groups is 2. The van der Waals surface area contributed by atoms with Crippen LogP contribution in [0.1, 0.15) is 58.3 Å². The van der Waals surface area contributed by atoms with Crippen molar-refractivity contribution in [3.05, 3.63) is 34.9 Å². The van der Waals surface area contributed by atoms with E-state index in [1.807, 2.05) is 13.8 Å². The third-order valence-corrected chi connectivity index (χ3v) is 4.04. The second kappa shape index (κ2) is 7.98. The Bertz CT molecular complexity index is 817. The second-order valence-corrected chi connectivity index (χ2v) is 6.61. The van der Waals surface area contributed by atoms with Gasteiger partial charge >= 0.3 is 12.0 Å². The molecule has 9 nitrogen and oxygen atoms in total. The molecular weight excluding hydrogens is 354 g/mol. The van der Waals surface area contributed by atoms with Crippen LogP contribution in [-0.2, 0) is 9.53 Å². The molecule has 0 saturated carbocycles. The van der Waals surface area contributed by atoms with Crippen LogP contribution in [0.2, 0.25) is 0 Å². The zero-order valence-electron chi connectivity index (χ0n) is 15.3. The van der Waals surface area contributed by atoms with E-state index < -0.39 is 35.8 Å². The molecule has 1 heterocycles. The fourth-order valence-corrected chi connectivity index (χ4v) is 2.51. The van der Waals surface area contributed by atoms with Crippen molar-refractivity contribution in [2.75, 3.05) is 6.54 Å². The summed E-state index contributed by atoms with van der Waals surface area (Å²) < 4.78 is 4.96. The minimum atomic E-state index is -1.27. The maximum Gasteiger partial charge on any atom is 0.338 e. The fourth-order valence-electron chi connectivity index (χ4n) is 2.51. The first-order valence-electron chi connectivity index (χ1n) is 8.43. The maximum atomic E-state index is 12.5. The summed E-state index contributed by atoms with van der Waals surface area (Å²) in [6, 6.07) is 2.93. The minimum absolute atomic E-state index is 0.0133. The second-order valence-electron chi connectivity index (χ2n) is 6.61. The average Bonchev–Trinajstić information content (AvgIpc) is 2.82. The average molecular weight is 375 g/mol. The number of urea groups is 1. The standard InChI is InChI=1S/C18H21N3O6/c1-9(2)6-7-21-15(23)12-5-4-11(8-13(12)16(21)24)17(25)27-10(3)14(22)20-18(19)26/h4-5,8-10H,6-7H2,1-3H3,(H3,19,20,22,26). The molecule has 0 aromatic heterocycles. The summed E-state index contributed by atoms with van der Waals surface area (Å²) in [6.45, 7) is 5.55. The molecule has 0 saturated heterocycles. The van der Waals surface area contributed by atoms with Gasteiger partial charge in [-0.15, -0.1) is 0 Å². The van der Waals surface area contributed by atoms with Crippen molar-refractivity contribution in [2.24, 2.45) is 11.7 Å². The smallest absolute Gasteiger partial charge is 0.338 e. The normalized spacial score (nSPS) is 14.1. The summed E-state index contributed by atoms with van der Waals surface area (Å²) in [6.07, 6.45) is -0.592. The summed E-state index contributed by atoms with van der Waals surface area (Å²) in [5.41, 5.74) is 5.19. The van der Waals surface area contributed by atoms with Crippen LogP contribution in [0, 0.1) is 5.92 Å². The molecule has 9 heteroatoms. The van der Waals surface area contributed by atoms with Gasteiger partial charge in [0.1, 0.15) is 0 Å². The van der Waals surface area contributed by atoms with Gasteiger partial charge in [-0.2, -0.15) is 0 Å². The summed E-state index contributed by atoms with van der Waals surface area (Å²) in [7, 11) is 0. The summed E-state index contributed by atoms with van der Waals surface area (Å²) >= 11 is 0. The van der Waals surface area contributed by atoms with E-state index in [1.54, 1.807) is 5.32 Å². The number of nitrogens with two attached hydrogens (primary N) is 1. The van der Waals surface area contributed by atoms with Gasteiger partial charge in [-0.05, 0) is 37.5 Å². The highest BCUT2D eigenvalue weighted by atomic mass is 16.5. The van der Waals surface area contributed by atoms with E-state index in [0.717, 1.165) is 4.90 Å². The Hall–Kier alpha value is -3.23. The van der Waals surface area contributed by atoms with E-state index in [0.29, 0.717) is 18.9 Å². The molecule has 1 aliphatic rings. The monoisotopic (exact) mass is 375 g/mol. The molecular formula is C18H21N3O6. The number of amides is 5. The van der Waals surface area contributed by atoms with Crippen LogP contribution in [0.25, 0.3) is 0 Å². The lowest BCUT2D eigenvalue weighted by atomic mass is 10.1. The van der Waals surface area contributed by atoms with Crippen molar-refractivity contribution in [3.63, 3.8) is 0 Å². The molecule has 0 bridgehead atoms. The Morgan fingerprint density at radius 2 is 1.74 bits per heavy atom. The van der Waals surface area contributed by atoms with Crippen LogP contribution in [0.4, 0.5) is 4.79 Å². The highest BCUT2D eigenvalue weighted by molar-refractivity contribution is 6.22. The number of hydrogen-bond acceptors (Lipinski definition) is 6. The summed E-state index contributed by atoms with van der Waals surface area (Å²) in [4.78, 5) is 60.4. The molecule has 1 aliphatic heterocycles. The van der Waals surface area contributed by atoms with Crippen molar-refractivity contribution in [3.8, 4) is 0 Å². The van der Waals surface area contributed by atoms with Crippen LogP contribution in [0.3, 0.4) is 0 Å². The number of hydrogen-bond donors (Lipinski definition) is 2. The van der Waals surface area contributed by atoms with Gasteiger partial charge in [0.15, 0.2) is 6.10 Å². The number of primary amides is 1. The van der Waals surface area contributed by atoms with Gasteiger partial charge in [-0.3, -0.25) is 24.6 Å². The number of nitrogens with zero attached hydrogens (tertiary/aromatic N) is 1. The lowest BCUT2D eigenvalue weighted by Crippen LogP contribution is -2.42. The van der Waals surface area contributed by atoms with Crippen LogP contribution >= 0.6 is 0 Å². The molecule has 5 amide bonds. The number of benzene rings is 1. The molecule has 1 unspecified atom stereocenters. The van der Waals surface area contributed by atoms with Gasteiger partial charge in [0.05, 0.1) is 16.7 Å². The molecule has 0 radical (unpaired) electrons. The quantitative estimate of drug-likeness (QED) is 0.564. The molecule has 1 aromatic rings. The fraction of sp³-hybridized carbons (Fsp3) is 0.389. The van der Waals surface area contributed by atoms with Gasteiger partial charge in [0.25, 0.3) is 17.7 Å². The van der Waals surface area contributed by atoms with E-state index >= 15 is 0 Å². The summed E-state index contributed by atoms with van der Waals surface area (Å²) in [5.74, 6) is -2.28. The third-order valence-electron chi connectivity index (χ3n) is 4.04. The lowest BCUT2D eigenvalue weighted by Gasteiger charge is -2.14. The highest BCUT2D eigenvalue weighted by Gasteiger charge is 2.36. The van der Waals surface area contributed by atoms with Gasteiger partial charge in [0, 0.05) is 6.54 Å². The van der Waals surface area contributed by atoms with Gasteiger partial charge in [-0.1, -0.05) is 13.8 Å². The van der Waals surface area contributed by atoms with E-state index in [1.165, 1.54) is 25.1 Å². The van der Waals surface area contributed by atoms with Crippen molar-refractivity contribution >= 4 is 29.7 Å². The third kappa shape index (κ3) is 4.49. The first-order valence-corrected chi connectivity index (χ1v) is 8.43. The molecule has 1 atom stereocenters. The van der Waals surface area contributed by atoms with Gasteiger partial charge < -0.3 is 10.5 Å². The van der Waals surface area contributed by atoms with Crippen LogP contribution in [0.15, 0.2) is 18.2 Å². The van der Waals surface area contributed by atoms with Crippen molar-refractivity contribution in [2.45, 2.75) is 33.3 Å². The number of carbonyl (C=O) groups is 5. The van der Waals surface area contributed by atoms with E-state index in [9.17, 15) is 24.0 Å². The molecule has 27 heavy (non-hydrogen) atoms. The lowest BCUT2D eigenvalue weighted by molar-refractivity contribution is -0.127. The maximum absolute atomic E-state index is 12.5. The first-order chi connectivity index (χ1) is 12.6. The molecule has 0 spiro atoms. The Kier molecular flexibility index (Phi) is 5.94. The predicted octanol–water partition coefficient (Wildman–Crippen LogP) is 1.07. The number of esters is 1. The van der Waals surface area contributed by atoms with Crippen molar-refractivity contribution < 1.29 is 28.7 Å². The van der Waals surface area contributed by atoms with Crippen molar-refractivity contribution in [1.29, 1.82) is 0 Å².